The second kappa shape index (κ2) is 9.84. The quantitative estimate of drug-likeness (QED) is 0.202. The molecule has 4 aromatic carbocycles. The number of ketones is 3. The van der Waals surface area contributed by atoms with Crippen molar-refractivity contribution in [1.29, 1.82) is 0 Å². The Morgan fingerprint density at radius 1 is 0.857 bits per heavy atom. The molecule has 6 nitrogen and oxygen atoms in total. The SMILES string of the molecule is CCOc1ccccc1[C@H]1[C@@H](C(=O)c2cccc(OC)c2)N2c3ccccc3C=C[C@@H]2C12C(=O)c1ccccc1C2=O. The summed E-state index contributed by atoms with van der Waals surface area (Å²) in [5, 5.41) is 0. The Bertz CT molecular complexity index is 1750. The molecule has 7 rings (SSSR count). The maximum atomic E-state index is 14.9. The highest BCUT2D eigenvalue weighted by atomic mass is 16.5. The molecular formula is C36H29NO5. The summed E-state index contributed by atoms with van der Waals surface area (Å²) in [4.78, 5) is 46.5. The zero-order valence-corrected chi connectivity index (χ0v) is 23.3. The molecule has 0 radical (unpaired) electrons. The lowest BCUT2D eigenvalue weighted by Gasteiger charge is -2.37. The highest BCUT2D eigenvalue weighted by Gasteiger charge is 2.71. The molecule has 0 amide bonds. The molecule has 3 aliphatic rings. The molecule has 1 saturated heterocycles. The van der Waals surface area contributed by atoms with Gasteiger partial charge in [0.15, 0.2) is 17.3 Å². The number of nitrogens with zero attached hydrogens (tertiary/aromatic N) is 1. The largest absolute Gasteiger partial charge is 0.497 e. The van der Waals surface area contributed by atoms with Crippen molar-refractivity contribution in [1.82, 2.24) is 0 Å². The van der Waals surface area contributed by atoms with Gasteiger partial charge in [0.25, 0.3) is 0 Å². The molecule has 0 aromatic heterocycles. The standard InChI is InChI=1S/C36H29NO5/c1-3-42-29-18-9-7-16-27(29)31-32(33(38)23-12-10-13-24(21-23)41-2)37-28-17-8-4-11-22(28)19-20-30(37)36(31)34(39)25-14-5-6-15-26(25)35(36)40/h4-21,30-32H,3H2,1-2H3/t30-,31+,32+/m1/s1. The molecule has 1 fully saturated rings. The third-order valence-corrected chi connectivity index (χ3v) is 8.89. The fourth-order valence-corrected chi connectivity index (χ4v) is 7.23. The number of ether oxygens (including phenoxy) is 2. The highest BCUT2D eigenvalue weighted by molar-refractivity contribution is 6.32. The van der Waals surface area contributed by atoms with Gasteiger partial charge < -0.3 is 14.4 Å². The van der Waals surface area contributed by atoms with E-state index in [-0.39, 0.29) is 17.3 Å². The zero-order valence-electron chi connectivity index (χ0n) is 23.3. The molecule has 0 bridgehead atoms. The van der Waals surface area contributed by atoms with E-state index in [1.807, 2.05) is 72.5 Å². The molecule has 0 N–H and O–H groups in total. The van der Waals surface area contributed by atoms with Crippen LogP contribution in [-0.2, 0) is 0 Å². The minimum atomic E-state index is -1.58. The van der Waals surface area contributed by atoms with E-state index in [0.717, 1.165) is 11.3 Å². The minimum absolute atomic E-state index is 0.200. The molecule has 1 aliphatic carbocycles. The van der Waals surface area contributed by atoms with Crippen molar-refractivity contribution < 1.29 is 23.9 Å². The fourth-order valence-electron chi connectivity index (χ4n) is 7.23. The number of carbonyl (C=O) groups is 3. The Hall–Kier alpha value is -4.97. The maximum Gasteiger partial charge on any atom is 0.186 e. The van der Waals surface area contributed by atoms with Gasteiger partial charge in [-0.25, -0.2) is 0 Å². The topological polar surface area (TPSA) is 72.9 Å². The third kappa shape index (κ3) is 3.48. The molecule has 4 aromatic rings. The number of hydrogen-bond acceptors (Lipinski definition) is 6. The molecule has 0 unspecified atom stereocenters. The van der Waals surface area contributed by atoms with E-state index in [4.69, 9.17) is 9.47 Å². The lowest BCUT2D eigenvalue weighted by atomic mass is 9.64. The number of rotatable bonds is 6. The molecule has 2 aliphatic heterocycles. The normalized spacial score (nSPS) is 21.2. The van der Waals surface area contributed by atoms with Crippen molar-refractivity contribution >= 4 is 29.1 Å². The number of carbonyl (C=O) groups excluding carboxylic acids is 3. The molecule has 6 heteroatoms. The van der Waals surface area contributed by atoms with Gasteiger partial charge in [-0.1, -0.05) is 84.9 Å². The van der Waals surface area contributed by atoms with Crippen molar-refractivity contribution in [3.63, 3.8) is 0 Å². The molecule has 2 heterocycles. The van der Waals surface area contributed by atoms with Gasteiger partial charge in [-0.05, 0) is 36.8 Å². The van der Waals surface area contributed by atoms with E-state index in [9.17, 15) is 14.4 Å². The van der Waals surface area contributed by atoms with E-state index in [2.05, 4.69) is 0 Å². The molecule has 3 atom stereocenters. The summed E-state index contributed by atoms with van der Waals surface area (Å²) >= 11 is 0. The van der Waals surface area contributed by atoms with Crippen molar-refractivity contribution in [2.45, 2.75) is 24.9 Å². The van der Waals surface area contributed by atoms with Crippen LogP contribution < -0.4 is 14.4 Å². The van der Waals surface area contributed by atoms with Gasteiger partial charge in [-0.3, -0.25) is 14.4 Å². The predicted octanol–water partition coefficient (Wildman–Crippen LogP) is 6.41. The summed E-state index contributed by atoms with van der Waals surface area (Å²) in [6.07, 6.45) is 3.89. The molecular weight excluding hydrogens is 526 g/mol. The summed E-state index contributed by atoms with van der Waals surface area (Å²) < 4.78 is 11.6. The second-order valence-electron chi connectivity index (χ2n) is 10.8. The maximum absolute atomic E-state index is 14.9. The summed E-state index contributed by atoms with van der Waals surface area (Å²) in [7, 11) is 1.56. The lowest BCUT2D eigenvalue weighted by Crippen LogP contribution is -2.48. The van der Waals surface area contributed by atoms with Crippen LogP contribution in [0.4, 0.5) is 5.69 Å². The monoisotopic (exact) mass is 555 g/mol. The van der Waals surface area contributed by atoms with Crippen LogP contribution in [0.25, 0.3) is 6.08 Å². The summed E-state index contributed by atoms with van der Waals surface area (Å²) in [6, 6.07) is 27.7. The Morgan fingerprint density at radius 3 is 2.29 bits per heavy atom. The Balaban J connectivity index is 1.56. The number of methoxy groups -OCH3 is 1. The number of anilines is 1. The zero-order chi connectivity index (χ0) is 29.0. The average Bonchev–Trinajstić information content (AvgIpc) is 3.47. The van der Waals surface area contributed by atoms with E-state index in [1.54, 1.807) is 55.6 Å². The average molecular weight is 556 g/mol. The molecule has 42 heavy (non-hydrogen) atoms. The lowest BCUT2D eigenvalue weighted by molar-refractivity contribution is 0.0664. The van der Waals surface area contributed by atoms with E-state index >= 15 is 0 Å². The van der Waals surface area contributed by atoms with E-state index < -0.39 is 23.4 Å². The van der Waals surface area contributed by atoms with Gasteiger partial charge in [0.1, 0.15) is 23.0 Å². The smallest absolute Gasteiger partial charge is 0.186 e. The van der Waals surface area contributed by atoms with Crippen LogP contribution >= 0.6 is 0 Å². The van der Waals surface area contributed by atoms with Crippen molar-refractivity contribution in [2.24, 2.45) is 5.41 Å². The van der Waals surface area contributed by atoms with Gasteiger partial charge >= 0.3 is 0 Å². The Kier molecular flexibility index (Phi) is 6.08. The summed E-state index contributed by atoms with van der Waals surface area (Å²) in [5.41, 5.74) is 2.03. The number of Topliss-reactive ketones (excluding diaryl/α,β-unsaturated/α-hetero) is 3. The number of hydrogen-bond donors (Lipinski definition) is 0. The van der Waals surface area contributed by atoms with Crippen molar-refractivity contribution in [3.8, 4) is 11.5 Å². The van der Waals surface area contributed by atoms with E-state index in [0.29, 0.717) is 40.4 Å². The first-order chi connectivity index (χ1) is 20.5. The Morgan fingerprint density at radius 2 is 1.55 bits per heavy atom. The van der Waals surface area contributed by atoms with Crippen LogP contribution in [0.3, 0.4) is 0 Å². The van der Waals surface area contributed by atoms with Gasteiger partial charge in [0.2, 0.25) is 0 Å². The van der Waals surface area contributed by atoms with Crippen LogP contribution in [0.2, 0.25) is 0 Å². The minimum Gasteiger partial charge on any atom is -0.497 e. The van der Waals surface area contributed by atoms with Crippen LogP contribution in [0.1, 0.15) is 55.0 Å². The van der Waals surface area contributed by atoms with Crippen LogP contribution in [-0.4, -0.2) is 43.2 Å². The summed E-state index contributed by atoms with van der Waals surface area (Å²) in [5.74, 6) is -0.461. The molecule has 1 spiro atoms. The fraction of sp³-hybridized carbons (Fsp3) is 0.194. The first-order valence-corrected chi connectivity index (χ1v) is 14.2. The highest BCUT2D eigenvalue weighted by Crippen LogP contribution is 2.62. The van der Waals surface area contributed by atoms with Crippen molar-refractivity contribution in [2.75, 3.05) is 18.6 Å². The third-order valence-electron chi connectivity index (χ3n) is 8.89. The number of para-hydroxylation sites is 2. The van der Waals surface area contributed by atoms with E-state index in [1.165, 1.54) is 0 Å². The van der Waals surface area contributed by atoms with Crippen LogP contribution in [0, 0.1) is 5.41 Å². The number of fused-ring (bicyclic) bond motifs is 5. The molecule has 0 saturated carbocycles. The van der Waals surface area contributed by atoms with Gasteiger partial charge in [-0.2, -0.15) is 0 Å². The first-order valence-electron chi connectivity index (χ1n) is 14.2. The van der Waals surface area contributed by atoms with Crippen LogP contribution in [0.5, 0.6) is 11.5 Å². The number of benzene rings is 4. The van der Waals surface area contributed by atoms with Gasteiger partial charge in [0.05, 0.1) is 19.8 Å². The van der Waals surface area contributed by atoms with Crippen LogP contribution in [0.15, 0.2) is 103 Å². The predicted molar refractivity (Wildman–Crippen MR) is 161 cm³/mol. The van der Waals surface area contributed by atoms with Gasteiger partial charge in [0, 0.05) is 33.9 Å². The molecule has 208 valence electrons. The second-order valence-corrected chi connectivity index (χ2v) is 10.8. The summed E-state index contributed by atoms with van der Waals surface area (Å²) in [6.45, 7) is 2.29. The van der Waals surface area contributed by atoms with Crippen molar-refractivity contribution in [3.05, 3.63) is 131 Å². The first kappa shape index (κ1) is 26.0. The Labute approximate surface area is 244 Å². The van der Waals surface area contributed by atoms with Gasteiger partial charge in [-0.15, -0.1) is 0 Å².